The predicted octanol–water partition coefficient (Wildman–Crippen LogP) is 4.10. The summed E-state index contributed by atoms with van der Waals surface area (Å²) < 4.78 is 14.8. The van der Waals surface area contributed by atoms with E-state index < -0.39 is 25.0 Å². The molecule has 0 aromatic heterocycles. The smallest absolute Gasteiger partial charge is 0.336 e. The van der Waals surface area contributed by atoms with Crippen molar-refractivity contribution < 1.29 is 8.85 Å². The Morgan fingerprint density at radius 1 is 0.737 bits per heavy atom. The average molecular weight is 322 g/mol. The zero-order chi connectivity index (χ0) is 15.3. The molecular formula is C13H35NO2Si3. The Kier molecular flexibility index (Phi) is 7.72. The van der Waals surface area contributed by atoms with Crippen LogP contribution in [0.4, 0.5) is 0 Å². The number of hydrogen-bond donors (Lipinski definition) is 0. The highest BCUT2D eigenvalue weighted by Gasteiger charge is 2.38. The molecule has 0 heterocycles. The van der Waals surface area contributed by atoms with Crippen molar-refractivity contribution in [3.05, 3.63) is 0 Å². The van der Waals surface area contributed by atoms with Crippen LogP contribution < -0.4 is 0 Å². The Balaban J connectivity index is 4.78. The molecule has 0 saturated carbocycles. The summed E-state index contributed by atoms with van der Waals surface area (Å²) in [5.74, 6) is 0. The van der Waals surface area contributed by atoms with E-state index in [-0.39, 0.29) is 0 Å². The third kappa shape index (κ3) is 7.19. The fourth-order valence-corrected chi connectivity index (χ4v) is 15.1. The molecule has 0 rings (SSSR count). The van der Waals surface area contributed by atoms with Gasteiger partial charge < -0.3 is 13.1 Å². The average Bonchev–Trinajstić information content (AvgIpc) is 2.13. The molecule has 0 bridgehead atoms. The first kappa shape index (κ1) is 19.5. The number of nitrogens with zero attached hydrogens (tertiary/aromatic N) is 1. The van der Waals surface area contributed by atoms with Gasteiger partial charge >= 0.3 is 8.56 Å². The molecule has 0 aromatic carbocycles. The Labute approximate surface area is 124 Å². The van der Waals surface area contributed by atoms with E-state index in [9.17, 15) is 0 Å². The third-order valence-electron chi connectivity index (χ3n) is 3.31. The summed E-state index contributed by atoms with van der Waals surface area (Å²) in [4.78, 5) is 0. The summed E-state index contributed by atoms with van der Waals surface area (Å²) in [5.41, 5.74) is 0. The van der Waals surface area contributed by atoms with Crippen LogP contribution in [0.15, 0.2) is 0 Å². The van der Waals surface area contributed by atoms with E-state index in [0.717, 1.165) is 25.8 Å². The molecule has 0 amide bonds. The summed E-state index contributed by atoms with van der Waals surface area (Å²) in [6.45, 7) is 23.7. The van der Waals surface area contributed by atoms with Crippen molar-refractivity contribution in [3.8, 4) is 0 Å². The van der Waals surface area contributed by atoms with Gasteiger partial charge in [-0.1, -0.05) is 39.3 Å². The van der Waals surface area contributed by atoms with E-state index in [0.29, 0.717) is 0 Å². The summed E-state index contributed by atoms with van der Waals surface area (Å²) in [6.07, 6.45) is 0. The van der Waals surface area contributed by atoms with Crippen LogP contribution in [-0.2, 0) is 8.85 Å². The largest absolute Gasteiger partial charge is 0.395 e. The molecular weight excluding hydrogens is 286 g/mol. The highest BCUT2D eigenvalue weighted by atomic mass is 28.4. The Morgan fingerprint density at radius 2 is 1.11 bits per heavy atom. The maximum absolute atomic E-state index is 5.97. The third-order valence-corrected chi connectivity index (χ3v) is 14.0. The summed E-state index contributed by atoms with van der Waals surface area (Å²) >= 11 is 0. The van der Waals surface area contributed by atoms with Crippen molar-refractivity contribution in [1.29, 1.82) is 0 Å². The molecule has 19 heavy (non-hydrogen) atoms. The molecule has 0 aliphatic heterocycles. The number of hydrogen-bond acceptors (Lipinski definition) is 3. The van der Waals surface area contributed by atoms with Crippen LogP contribution >= 0.6 is 0 Å². The molecule has 0 spiro atoms. The molecule has 0 aliphatic rings. The zero-order valence-electron chi connectivity index (χ0n) is 14.6. The first-order chi connectivity index (χ1) is 8.46. The number of rotatable bonds is 9. The second-order valence-electron chi connectivity index (χ2n) is 7.24. The molecule has 0 fully saturated rings. The topological polar surface area (TPSA) is 21.7 Å². The maximum atomic E-state index is 5.97. The van der Waals surface area contributed by atoms with E-state index >= 15 is 0 Å². The summed E-state index contributed by atoms with van der Waals surface area (Å²) in [6, 6.07) is 1.09. The molecule has 0 unspecified atom stereocenters. The first-order valence-electron chi connectivity index (χ1n) is 7.52. The van der Waals surface area contributed by atoms with E-state index in [2.05, 4.69) is 63.9 Å². The highest BCUT2D eigenvalue weighted by molar-refractivity contribution is 6.89. The van der Waals surface area contributed by atoms with Gasteiger partial charge in [-0.25, -0.2) is 0 Å². The minimum atomic E-state index is -1.97. The predicted molar refractivity (Wildman–Crippen MR) is 93.1 cm³/mol. The molecule has 0 atom stereocenters. The lowest BCUT2D eigenvalue weighted by atomic mass is 10.8. The van der Waals surface area contributed by atoms with Crippen molar-refractivity contribution in [2.75, 3.05) is 19.8 Å². The van der Waals surface area contributed by atoms with Gasteiger partial charge in [-0.2, -0.15) is 0 Å². The van der Waals surface area contributed by atoms with Gasteiger partial charge in [0.2, 0.25) is 0 Å². The minimum absolute atomic E-state index is 0.766. The van der Waals surface area contributed by atoms with E-state index in [1.807, 2.05) is 0 Å². The van der Waals surface area contributed by atoms with Crippen molar-refractivity contribution in [2.24, 2.45) is 0 Å². The molecule has 0 N–H and O–H groups in total. The second kappa shape index (κ2) is 7.51. The molecule has 3 nitrogen and oxygen atoms in total. The van der Waals surface area contributed by atoms with E-state index in [1.54, 1.807) is 0 Å². The fourth-order valence-electron chi connectivity index (χ4n) is 2.79. The minimum Gasteiger partial charge on any atom is -0.395 e. The Bertz CT molecular complexity index is 242. The van der Waals surface area contributed by atoms with Crippen molar-refractivity contribution >= 4 is 25.0 Å². The van der Waals surface area contributed by atoms with Gasteiger partial charge in [0.1, 0.15) is 16.5 Å². The molecule has 116 valence electrons. The van der Waals surface area contributed by atoms with Crippen molar-refractivity contribution in [1.82, 2.24) is 4.23 Å². The molecule has 0 aromatic rings. The lowest BCUT2D eigenvalue weighted by Crippen LogP contribution is -2.60. The van der Waals surface area contributed by atoms with Gasteiger partial charge in [-0.15, -0.1) is 0 Å². The Morgan fingerprint density at radius 3 is 1.37 bits per heavy atom. The second-order valence-corrected chi connectivity index (χ2v) is 20.8. The summed E-state index contributed by atoms with van der Waals surface area (Å²) in [7, 11) is -4.49. The van der Waals surface area contributed by atoms with Gasteiger partial charge in [0.15, 0.2) is 0 Å². The SMILES string of the molecule is CCO[Si](C)(CCN([Si](C)(C)C)[Si](C)(C)C)OCC. The molecule has 0 radical (unpaired) electrons. The van der Waals surface area contributed by atoms with Gasteiger partial charge in [0.05, 0.1) is 0 Å². The zero-order valence-corrected chi connectivity index (χ0v) is 17.6. The van der Waals surface area contributed by atoms with Crippen molar-refractivity contribution in [3.63, 3.8) is 0 Å². The lowest BCUT2D eigenvalue weighted by molar-refractivity contribution is 0.188. The van der Waals surface area contributed by atoms with Crippen molar-refractivity contribution in [2.45, 2.75) is 65.7 Å². The van der Waals surface area contributed by atoms with Crippen LogP contribution in [-0.4, -0.2) is 49.0 Å². The fraction of sp³-hybridized carbons (Fsp3) is 1.00. The van der Waals surface area contributed by atoms with Crippen LogP contribution in [0.25, 0.3) is 0 Å². The normalized spacial score (nSPS) is 14.2. The molecule has 0 saturated heterocycles. The van der Waals surface area contributed by atoms with Crippen LogP contribution in [0.1, 0.15) is 13.8 Å². The molecule has 0 aliphatic carbocycles. The lowest BCUT2D eigenvalue weighted by Gasteiger charge is -2.44. The highest BCUT2D eigenvalue weighted by Crippen LogP contribution is 2.23. The van der Waals surface area contributed by atoms with Gasteiger partial charge in [-0.3, -0.25) is 0 Å². The quantitative estimate of drug-likeness (QED) is 0.597. The Hall–Kier alpha value is 0.531. The standard InChI is InChI=1S/C13H35NO2Si3/c1-10-15-19(9,16-11-2)13-12-14(17(3,4)5)18(6,7)8/h10-13H2,1-9H3. The van der Waals surface area contributed by atoms with Crippen LogP contribution in [0.2, 0.25) is 51.9 Å². The van der Waals surface area contributed by atoms with Crippen LogP contribution in [0.5, 0.6) is 0 Å². The van der Waals surface area contributed by atoms with E-state index in [1.165, 1.54) is 0 Å². The van der Waals surface area contributed by atoms with E-state index in [4.69, 9.17) is 8.85 Å². The first-order valence-corrected chi connectivity index (χ1v) is 16.9. The van der Waals surface area contributed by atoms with Crippen LogP contribution in [0, 0.1) is 0 Å². The van der Waals surface area contributed by atoms with Crippen LogP contribution in [0.3, 0.4) is 0 Å². The van der Waals surface area contributed by atoms with Gasteiger partial charge in [0.25, 0.3) is 0 Å². The van der Waals surface area contributed by atoms with Gasteiger partial charge in [-0.05, 0) is 26.9 Å². The monoisotopic (exact) mass is 321 g/mol. The maximum Gasteiger partial charge on any atom is 0.336 e. The summed E-state index contributed by atoms with van der Waals surface area (Å²) in [5, 5.41) is 0. The van der Waals surface area contributed by atoms with Gasteiger partial charge in [0, 0.05) is 19.3 Å². The molecule has 6 heteroatoms.